The highest BCUT2D eigenvalue weighted by atomic mass is 16.4. The predicted molar refractivity (Wildman–Crippen MR) is 87.9 cm³/mol. The molecule has 1 saturated heterocycles. The Kier molecular flexibility index (Phi) is 5.40. The molecule has 0 spiro atoms. The number of nitrogens with one attached hydrogen (secondary N) is 1. The van der Waals surface area contributed by atoms with E-state index in [9.17, 15) is 4.79 Å². The molecule has 4 atom stereocenters. The second kappa shape index (κ2) is 7.31. The van der Waals surface area contributed by atoms with Crippen molar-refractivity contribution >= 4 is 5.97 Å². The highest BCUT2D eigenvalue weighted by Gasteiger charge is 2.38. The van der Waals surface area contributed by atoms with Gasteiger partial charge in [0.2, 0.25) is 0 Å². The zero-order valence-corrected chi connectivity index (χ0v) is 14.0. The molecule has 22 heavy (non-hydrogen) atoms. The van der Waals surface area contributed by atoms with Crippen LogP contribution in [0.25, 0.3) is 0 Å². The maximum Gasteiger partial charge on any atom is 0.303 e. The molecule has 2 N–H and O–H groups in total. The summed E-state index contributed by atoms with van der Waals surface area (Å²) in [5.41, 5.74) is 0. The zero-order valence-electron chi connectivity index (χ0n) is 14.0. The lowest BCUT2D eigenvalue weighted by Gasteiger charge is -2.48. The fraction of sp³-hybridized carbons (Fsp3) is 0.944. The molecule has 0 amide bonds. The third-order valence-corrected chi connectivity index (χ3v) is 6.24. The first-order chi connectivity index (χ1) is 10.6. The predicted octanol–water partition coefficient (Wildman–Crippen LogP) is 2.73. The molecule has 0 bridgehead atoms. The van der Waals surface area contributed by atoms with Crippen LogP contribution in [-0.2, 0) is 4.79 Å². The quantitative estimate of drug-likeness (QED) is 0.792. The van der Waals surface area contributed by atoms with Gasteiger partial charge in [-0.05, 0) is 56.4 Å². The molecule has 0 aromatic rings. The molecular weight excluding hydrogens is 276 g/mol. The van der Waals surface area contributed by atoms with Gasteiger partial charge in [-0.1, -0.05) is 19.8 Å². The van der Waals surface area contributed by atoms with E-state index in [0.29, 0.717) is 24.4 Å². The van der Waals surface area contributed by atoms with Crippen molar-refractivity contribution in [2.75, 3.05) is 19.6 Å². The summed E-state index contributed by atoms with van der Waals surface area (Å²) in [6.07, 6.45) is 9.55. The van der Waals surface area contributed by atoms with Crippen molar-refractivity contribution in [1.29, 1.82) is 0 Å². The van der Waals surface area contributed by atoms with Crippen LogP contribution in [0.2, 0.25) is 0 Å². The summed E-state index contributed by atoms with van der Waals surface area (Å²) in [5, 5.41) is 12.9. The molecule has 1 heterocycles. The fourth-order valence-electron chi connectivity index (χ4n) is 4.79. The van der Waals surface area contributed by atoms with Crippen molar-refractivity contribution in [1.82, 2.24) is 10.2 Å². The van der Waals surface area contributed by atoms with Gasteiger partial charge in [0.1, 0.15) is 0 Å². The van der Waals surface area contributed by atoms with E-state index < -0.39 is 5.97 Å². The second-order valence-corrected chi connectivity index (χ2v) is 8.03. The van der Waals surface area contributed by atoms with Crippen molar-refractivity contribution < 1.29 is 9.90 Å². The van der Waals surface area contributed by atoms with E-state index in [1.165, 1.54) is 38.5 Å². The third-order valence-electron chi connectivity index (χ3n) is 6.24. The standard InChI is InChI=1S/C18H32N2O2/c1-13-6-7-17(13)20-11-15(9-18(21)22)8-16(12-20)19-10-14-4-2-3-5-14/h13-17,19H,2-12H2,1H3,(H,21,22). The largest absolute Gasteiger partial charge is 0.481 e. The van der Waals surface area contributed by atoms with E-state index in [-0.39, 0.29) is 0 Å². The lowest BCUT2D eigenvalue weighted by atomic mass is 9.78. The molecular formula is C18H32N2O2. The number of carboxylic acids is 1. The van der Waals surface area contributed by atoms with Gasteiger partial charge in [-0.2, -0.15) is 0 Å². The van der Waals surface area contributed by atoms with Gasteiger partial charge in [0.25, 0.3) is 0 Å². The Labute approximate surface area is 134 Å². The molecule has 4 unspecified atom stereocenters. The number of piperidine rings is 1. The van der Waals surface area contributed by atoms with Gasteiger partial charge < -0.3 is 10.4 Å². The number of rotatable bonds is 6. The van der Waals surface area contributed by atoms with Gasteiger partial charge >= 0.3 is 5.97 Å². The number of hydrogen-bond donors (Lipinski definition) is 2. The number of carboxylic acid groups (broad SMARTS) is 1. The molecule has 2 aliphatic carbocycles. The van der Waals surface area contributed by atoms with Gasteiger partial charge in [0, 0.05) is 31.6 Å². The van der Waals surface area contributed by atoms with Crippen LogP contribution in [-0.4, -0.2) is 47.7 Å². The summed E-state index contributed by atoms with van der Waals surface area (Å²) in [7, 11) is 0. The Morgan fingerprint density at radius 3 is 2.50 bits per heavy atom. The fourth-order valence-corrected chi connectivity index (χ4v) is 4.79. The second-order valence-electron chi connectivity index (χ2n) is 8.03. The highest BCUT2D eigenvalue weighted by Crippen LogP contribution is 2.35. The van der Waals surface area contributed by atoms with Crippen LogP contribution < -0.4 is 5.32 Å². The van der Waals surface area contributed by atoms with E-state index in [1.54, 1.807) is 0 Å². The number of aliphatic carboxylic acids is 1. The van der Waals surface area contributed by atoms with Gasteiger partial charge in [0.15, 0.2) is 0 Å². The summed E-state index contributed by atoms with van der Waals surface area (Å²) >= 11 is 0. The van der Waals surface area contributed by atoms with Gasteiger partial charge in [-0.15, -0.1) is 0 Å². The monoisotopic (exact) mass is 308 g/mol. The van der Waals surface area contributed by atoms with Crippen LogP contribution in [0, 0.1) is 17.8 Å². The van der Waals surface area contributed by atoms with Crippen LogP contribution in [0.4, 0.5) is 0 Å². The third kappa shape index (κ3) is 4.02. The molecule has 1 aliphatic heterocycles. The maximum atomic E-state index is 11.1. The molecule has 0 aromatic carbocycles. The Morgan fingerprint density at radius 2 is 1.91 bits per heavy atom. The first-order valence-corrected chi connectivity index (χ1v) is 9.31. The topological polar surface area (TPSA) is 52.6 Å². The van der Waals surface area contributed by atoms with Crippen LogP contribution in [0.15, 0.2) is 0 Å². The SMILES string of the molecule is CC1CCC1N1CC(CC(=O)O)CC(NCC2CCCC2)C1. The molecule has 3 aliphatic rings. The highest BCUT2D eigenvalue weighted by molar-refractivity contribution is 5.67. The summed E-state index contributed by atoms with van der Waals surface area (Å²) in [6, 6.07) is 1.19. The van der Waals surface area contributed by atoms with Gasteiger partial charge in [-0.25, -0.2) is 0 Å². The van der Waals surface area contributed by atoms with E-state index in [4.69, 9.17) is 5.11 Å². The zero-order chi connectivity index (χ0) is 15.5. The average Bonchev–Trinajstić information content (AvgIpc) is 2.96. The van der Waals surface area contributed by atoms with E-state index in [0.717, 1.165) is 37.9 Å². The smallest absolute Gasteiger partial charge is 0.303 e. The summed E-state index contributed by atoms with van der Waals surface area (Å²) in [4.78, 5) is 13.7. The lowest BCUT2D eigenvalue weighted by molar-refractivity contribution is -0.138. The molecule has 4 heteroatoms. The number of nitrogens with zero attached hydrogens (tertiary/aromatic N) is 1. The molecule has 4 nitrogen and oxygen atoms in total. The van der Waals surface area contributed by atoms with E-state index in [2.05, 4.69) is 17.1 Å². The minimum atomic E-state index is -0.636. The molecule has 0 radical (unpaired) electrons. The van der Waals surface area contributed by atoms with Crippen LogP contribution in [0.3, 0.4) is 0 Å². The van der Waals surface area contributed by atoms with Crippen molar-refractivity contribution in [3.05, 3.63) is 0 Å². The minimum Gasteiger partial charge on any atom is -0.481 e. The number of hydrogen-bond acceptors (Lipinski definition) is 3. The number of carbonyl (C=O) groups is 1. The summed E-state index contributed by atoms with van der Waals surface area (Å²) < 4.78 is 0. The Hall–Kier alpha value is -0.610. The van der Waals surface area contributed by atoms with Gasteiger partial charge in [0.05, 0.1) is 0 Å². The maximum absolute atomic E-state index is 11.1. The average molecular weight is 308 g/mol. The Balaban J connectivity index is 1.54. The van der Waals surface area contributed by atoms with Crippen molar-refractivity contribution in [3.63, 3.8) is 0 Å². The lowest BCUT2D eigenvalue weighted by Crippen LogP contribution is -2.57. The normalized spacial score (nSPS) is 37.1. The van der Waals surface area contributed by atoms with Crippen molar-refractivity contribution in [2.45, 2.75) is 70.4 Å². The minimum absolute atomic E-state index is 0.320. The molecule has 2 saturated carbocycles. The van der Waals surface area contributed by atoms with E-state index in [1.807, 2.05) is 0 Å². The molecule has 126 valence electrons. The van der Waals surface area contributed by atoms with Crippen LogP contribution in [0.5, 0.6) is 0 Å². The first-order valence-electron chi connectivity index (χ1n) is 9.31. The van der Waals surface area contributed by atoms with Crippen molar-refractivity contribution in [2.24, 2.45) is 17.8 Å². The Morgan fingerprint density at radius 1 is 1.14 bits per heavy atom. The Bertz CT molecular complexity index is 381. The summed E-state index contributed by atoms with van der Waals surface area (Å²) in [5.74, 6) is 1.33. The summed E-state index contributed by atoms with van der Waals surface area (Å²) in [6.45, 7) is 5.59. The molecule has 3 fully saturated rings. The number of likely N-dealkylation sites (tertiary alicyclic amines) is 1. The van der Waals surface area contributed by atoms with Crippen LogP contribution >= 0.6 is 0 Å². The van der Waals surface area contributed by atoms with Gasteiger partial charge in [-0.3, -0.25) is 9.69 Å². The molecule has 3 rings (SSSR count). The first kappa shape index (κ1) is 16.3. The van der Waals surface area contributed by atoms with Crippen LogP contribution in [0.1, 0.15) is 58.3 Å². The van der Waals surface area contributed by atoms with E-state index >= 15 is 0 Å². The van der Waals surface area contributed by atoms with Crippen molar-refractivity contribution in [3.8, 4) is 0 Å². The molecule has 0 aromatic heterocycles.